The number of halogens is 1. The minimum atomic E-state index is -4.04. The van der Waals surface area contributed by atoms with Crippen molar-refractivity contribution in [3.05, 3.63) is 126 Å². The standard InChI is InChI=1S/C27H23FN2O4S/c1-34-25-17-16-21(18-24(25)29-27(31)22-14-8-9-15-23(22)28)35(32,33)30-26(19-10-4-2-5-11-19)20-12-6-3-7-13-20/h2-18,26,30H,1H3,(H,29,31). The Balaban J connectivity index is 1.68. The zero-order valence-corrected chi connectivity index (χ0v) is 19.6. The van der Waals surface area contributed by atoms with Gasteiger partial charge in [0.1, 0.15) is 11.6 Å². The van der Waals surface area contributed by atoms with E-state index in [9.17, 15) is 17.6 Å². The zero-order valence-electron chi connectivity index (χ0n) is 18.8. The normalized spacial score (nSPS) is 11.3. The molecule has 0 radical (unpaired) electrons. The molecule has 6 nitrogen and oxygen atoms in total. The summed E-state index contributed by atoms with van der Waals surface area (Å²) in [6, 6.07) is 27.4. The molecule has 4 aromatic carbocycles. The molecule has 0 heterocycles. The Morgan fingerprint density at radius 1 is 0.829 bits per heavy atom. The Labute approximate surface area is 203 Å². The van der Waals surface area contributed by atoms with Gasteiger partial charge in [-0.1, -0.05) is 72.8 Å². The molecule has 0 atom stereocenters. The van der Waals surface area contributed by atoms with Crippen LogP contribution in [-0.4, -0.2) is 21.4 Å². The van der Waals surface area contributed by atoms with Gasteiger partial charge in [0.2, 0.25) is 10.0 Å². The molecular weight excluding hydrogens is 467 g/mol. The molecule has 0 saturated carbocycles. The number of ether oxygens (including phenoxy) is 1. The van der Waals surface area contributed by atoms with Gasteiger partial charge in [0.25, 0.3) is 5.91 Å². The first-order valence-electron chi connectivity index (χ1n) is 10.7. The highest BCUT2D eigenvalue weighted by atomic mass is 32.2. The van der Waals surface area contributed by atoms with Crippen LogP contribution in [-0.2, 0) is 10.0 Å². The molecule has 1 amide bonds. The number of carbonyl (C=O) groups is 1. The van der Waals surface area contributed by atoms with Crippen molar-refractivity contribution in [3.8, 4) is 5.75 Å². The molecule has 0 saturated heterocycles. The predicted molar refractivity (Wildman–Crippen MR) is 132 cm³/mol. The summed E-state index contributed by atoms with van der Waals surface area (Å²) >= 11 is 0. The monoisotopic (exact) mass is 490 g/mol. The molecule has 8 heteroatoms. The average molecular weight is 491 g/mol. The van der Waals surface area contributed by atoms with E-state index in [1.165, 1.54) is 49.6 Å². The van der Waals surface area contributed by atoms with E-state index in [1.54, 1.807) is 0 Å². The van der Waals surface area contributed by atoms with Gasteiger partial charge < -0.3 is 10.1 Å². The summed E-state index contributed by atoms with van der Waals surface area (Å²) in [5.74, 6) is -1.19. The SMILES string of the molecule is COc1ccc(S(=O)(=O)NC(c2ccccc2)c2ccccc2)cc1NC(=O)c1ccccc1F. The van der Waals surface area contributed by atoms with Crippen LogP contribution in [0.15, 0.2) is 108 Å². The van der Waals surface area contributed by atoms with Crippen LogP contribution in [0.1, 0.15) is 27.5 Å². The van der Waals surface area contributed by atoms with Crippen LogP contribution in [0.4, 0.5) is 10.1 Å². The molecule has 0 spiro atoms. The van der Waals surface area contributed by atoms with E-state index in [1.807, 2.05) is 60.7 Å². The highest BCUT2D eigenvalue weighted by Crippen LogP contribution is 2.30. The molecule has 2 N–H and O–H groups in total. The molecule has 0 unspecified atom stereocenters. The number of carbonyl (C=O) groups excluding carboxylic acids is 1. The van der Waals surface area contributed by atoms with E-state index in [2.05, 4.69) is 10.0 Å². The maximum atomic E-state index is 14.1. The third kappa shape index (κ3) is 5.56. The largest absolute Gasteiger partial charge is 0.495 e. The van der Waals surface area contributed by atoms with Gasteiger partial charge in [0, 0.05) is 0 Å². The second kappa shape index (κ2) is 10.5. The van der Waals surface area contributed by atoms with Crippen LogP contribution in [0, 0.1) is 5.82 Å². The lowest BCUT2D eigenvalue weighted by Gasteiger charge is -2.20. The van der Waals surface area contributed by atoms with Crippen molar-refractivity contribution < 1.29 is 22.3 Å². The maximum absolute atomic E-state index is 14.1. The third-order valence-electron chi connectivity index (χ3n) is 5.39. The van der Waals surface area contributed by atoms with Gasteiger partial charge in [-0.2, -0.15) is 4.72 Å². The predicted octanol–water partition coefficient (Wildman–Crippen LogP) is 5.15. The van der Waals surface area contributed by atoms with Crippen molar-refractivity contribution in [3.63, 3.8) is 0 Å². The zero-order chi connectivity index (χ0) is 24.8. The number of sulfonamides is 1. The Morgan fingerprint density at radius 3 is 1.97 bits per heavy atom. The lowest BCUT2D eigenvalue weighted by atomic mass is 10.00. The summed E-state index contributed by atoms with van der Waals surface area (Å²) in [6.45, 7) is 0. The van der Waals surface area contributed by atoms with Gasteiger partial charge in [-0.05, 0) is 41.5 Å². The molecule has 0 bridgehead atoms. The third-order valence-corrected chi connectivity index (χ3v) is 6.81. The van der Waals surface area contributed by atoms with E-state index in [-0.39, 0.29) is 21.9 Å². The van der Waals surface area contributed by atoms with Crippen LogP contribution < -0.4 is 14.8 Å². The van der Waals surface area contributed by atoms with Gasteiger partial charge in [0.15, 0.2) is 0 Å². The quantitative estimate of drug-likeness (QED) is 0.358. The highest BCUT2D eigenvalue weighted by molar-refractivity contribution is 7.89. The molecule has 0 fully saturated rings. The van der Waals surface area contributed by atoms with Crippen LogP contribution in [0.25, 0.3) is 0 Å². The Morgan fingerprint density at radius 2 is 1.40 bits per heavy atom. The number of benzene rings is 4. The first-order valence-corrected chi connectivity index (χ1v) is 12.2. The topological polar surface area (TPSA) is 84.5 Å². The summed E-state index contributed by atoms with van der Waals surface area (Å²) < 4.78 is 49.0. The lowest BCUT2D eigenvalue weighted by Crippen LogP contribution is -2.29. The summed E-state index contributed by atoms with van der Waals surface area (Å²) in [7, 11) is -2.65. The van der Waals surface area contributed by atoms with Crippen molar-refractivity contribution in [2.45, 2.75) is 10.9 Å². The lowest BCUT2D eigenvalue weighted by molar-refractivity contribution is 0.102. The number of methoxy groups -OCH3 is 1. The van der Waals surface area contributed by atoms with E-state index in [4.69, 9.17) is 4.74 Å². The van der Waals surface area contributed by atoms with Crippen molar-refractivity contribution >= 4 is 21.6 Å². The molecule has 178 valence electrons. The average Bonchev–Trinajstić information content (AvgIpc) is 2.88. The smallest absolute Gasteiger partial charge is 0.258 e. The van der Waals surface area contributed by atoms with Gasteiger partial charge >= 0.3 is 0 Å². The summed E-state index contributed by atoms with van der Waals surface area (Å²) in [6.07, 6.45) is 0. The van der Waals surface area contributed by atoms with Crippen molar-refractivity contribution in [1.29, 1.82) is 0 Å². The van der Waals surface area contributed by atoms with Gasteiger partial charge in [0.05, 0.1) is 29.3 Å². The minimum absolute atomic E-state index is 0.0843. The first-order chi connectivity index (χ1) is 16.9. The molecule has 4 rings (SSSR count). The van der Waals surface area contributed by atoms with E-state index < -0.39 is 27.8 Å². The fourth-order valence-electron chi connectivity index (χ4n) is 3.63. The molecule has 0 aliphatic rings. The van der Waals surface area contributed by atoms with Crippen molar-refractivity contribution in [2.24, 2.45) is 0 Å². The first kappa shape index (κ1) is 24.1. The van der Waals surface area contributed by atoms with Gasteiger partial charge in [-0.25, -0.2) is 12.8 Å². The molecule has 0 aliphatic carbocycles. The number of amides is 1. The Kier molecular flexibility index (Phi) is 7.24. The van der Waals surface area contributed by atoms with Gasteiger partial charge in [-0.3, -0.25) is 4.79 Å². The number of nitrogens with one attached hydrogen (secondary N) is 2. The fourth-order valence-corrected chi connectivity index (χ4v) is 4.87. The minimum Gasteiger partial charge on any atom is -0.495 e. The van der Waals surface area contributed by atoms with Crippen LogP contribution in [0.5, 0.6) is 5.75 Å². The second-order valence-corrected chi connectivity index (χ2v) is 9.39. The van der Waals surface area contributed by atoms with Crippen LogP contribution in [0.3, 0.4) is 0 Å². The molecular formula is C27H23FN2O4S. The molecule has 0 aromatic heterocycles. The second-order valence-electron chi connectivity index (χ2n) is 7.67. The number of hydrogen-bond donors (Lipinski definition) is 2. The van der Waals surface area contributed by atoms with Gasteiger partial charge in [-0.15, -0.1) is 0 Å². The van der Waals surface area contributed by atoms with Crippen LogP contribution >= 0.6 is 0 Å². The van der Waals surface area contributed by atoms with E-state index >= 15 is 0 Å². The summed E-state index contributed by atoms with van der Waals surface area (Å²) in [5, 5.41) is 2.55. The number of rotatable bonds is 8. The fraction of sp³-hybridized carbons (Fsp3) is 0.0741. The highest BCUT2D eigenvalue weighted by Gasteiger charge is 2.24. The Hall–Kier alpha value is -4.01. The van der Waals surface area contributed by atoms with E-state index in [0.717, 1.165) is 11.1 Å². The van der Waals surface area contributed by atoms with Crippen LogP contribution in [0.2, 0.25) is 0 Å². The summed E-state index contributed by atoms with van der Waals surface area (Å²) in [4.78, 5) is 12.6. The summed E-state index contributed by atoms with van der Waals surface area (Å²) in [5.41, 5.74) is 1.46. The number of anilines is 1. The molecule has 4 aromatic rings. The number of hydrogen-bond acceptors (Lipinski definition) is 4. The maximum Gasteiger partial charge on any atom is 0.258 e. The Bertz CT molecular complexity index is 1390. The molecule has 35 heavy (non-hydrogen) atoms. The molecule has 0 aliphatic heterocycles. The van der Waals surface area contributed by atoms with Crippen molar-refractivity contribution in [2.75, 3.05) is 12.4 Å². The van der Waals surface area contributed by atoms with E-state index in [0.29, 0.717) is 0 Å². The van der Waals surface area contributed by atoms with Crippen molar-refractivity contribution in [1.82, 2.24) is 4.72 Å².